The van der Waals surface area contributed by atoms with Crippen LogP contribution in [-0.2, 0) is 14.3 Å². The Morgan fingerprint density at radius 1 is 1.09 bits per heavy atom. The number of carbonyl (C=O) groups is 3. The molecular formula is C26H30N2O5. The minimum absolute atomic E-state index is 0.0851. The van der Waals surface area contributed by atoms with Crippen LogP contribution < -0.4 is 10.6 Å². The Balaban J connectivity index is 1.65. The van der Waals surface area contributed by atoms with E-state index in [1.807, 2.05) is 36.4 Å². The van der Waals surface area contributed by atoms with Gasteiger partial charge in [0.15, 0.2) is 0 Å². The third kappa shape index (κ3) is 6.00. The van der Waals surface area contributed by atoms with E-state index < -0.39 is 29.6 Å². The highest BCUT2D eigenvalue weighted by Gasteiger charge is 2.31. The number of amides is 2. The van der Waals surface area contributed by atoms with E-state index >= 15 is 0 Å². The van der Waals surface area contributed by atoms with Crippen molar-refractivity contribution < 1.29 is 24.2 Å². The molecule has 1 aliphatic carbocycles. The average Bonchev–Trinajstić information content (AvgIpc) is 3.07. The Morgan fingerprint density at radius 2 is 1.67 bits per heavy atom. The van der Waals surface area contributed by atoms with Gasteiger partial charge >= 0.3 is 12.1 Å². The summed E-state index contributed by atoms with van der Waals surface area (Å²) in [5.74, 6) is -1.57. The highest BCUT2D eigenvalue weighted by molar-refractivity contribution is 5.86. The van der Waals surface area contributed by atoms with Gasteiger partial charge in [0.1, 0.15) is 12.6 Å². The minimum atomic E-state index is -1.02. The van der Waals surface area contributed by atoms with Crippen molar-refractivity contribution in [2.24, 2.45) is 0 Å². The lowest BCUT2D eigenvalue weighted by molar-refractivity contribution is -0.138. The topological polar surface area (TPSA) is 105 Å². The standard InChI is InChI=1S/C26H30N2O5/c1-4-5-14-22(24(31)28-26(2,3)15-23(29)30)27-25(32)33-16-21-19-12-8-6-10-17(19)18-11-7-9-13-20(18)21/h4,6-13,21-22H,1,5,14-16H2,2-3H3,(H,27,32)(H,28,31)(H,29,30). The molecule has 2 aromatic carbocycles. The van der Waals surface area contributed by atoms with Gasteiger partial charge in [-0.1, -0.05) is 54.6 Å². The molecule has 1 aliphatic rings. The number of rotatable bonds is 10. The first-order valence-corrected chi connectivity index (χ1v) is 11.0. The number of carboxylic acids is 1. The Hall–Kier alpha value is -3.61. The predicted molar refractivity (Wildman–Crippen MR) is 126 cm³/mol. The molecule has 2 aromatic rings. The summed E-state index contributed by atoms with van der Waals surface area (Å²) in [6.07, 6.45) is 1.54. The number of carbonyl (C=O) groups excluding carboxylic acids is 2. The highest BCUT2D eigenvalue weighted by Crippen LogP contribution is 2.44. The van der Waals surface area contributed by atoms with Gasteiger partial charge in [0.2, 0.25) is 5.91 Å². The Kier molecular flexibility index (Phi) is 7.53. The lowest BCUT2D eigenvalue weighted by atomic mass is 9.98. The number of nitrogens with one attached hydrogen (secondary N) is 2. The van der Waals surface area contributed by atoms with Gasteiger partial charge < -0.3 is 20.5 Å². The molecular weight excluding hydrogens is 420 g/mol. The number of aliphatic carboxylic acids is 1. The van der Waals surface area contributed by atoms with Crippen LogP contribution in [0.4, 0.5) is 4.79 Å². The first-order valence-electron chi connectivity index (χ1n) is 11.0. The van der Waals surface area contributed by atoms with Crippen molar-refractivity contribution in [3.05, 3.63) is 72.3 Å². The van der Waals surface area contributed by atoms with Gasteiger partial charge in [0, 0.05) is 11.5 Å². The summed E-state index contributed by atoms with van der Waals surface area (Å²) >= 11 is 0. The van der Waals surface area contributed by atoms with Crippen molar-refractivity contribution in [1.29, 1.82) is 0 Å². The Labute approximate surface area is 193 Å². The SMILES string of the molecule is C=CCCC(NC(=O)OCC1c2ccccc2-c2ccccc21)C(=O)NC(C)(C)CC(=O)O. The molecule has 174 valence electrons. The molecule has 2 amide bonds. The molecule has 0 aromatic heterocycles. The van der Waals surface area contributed by atoms with Crippen LogP contribution in [-0.4, -0.2) is 41.3 Å². The lowest BCUT2D eigenvalue weighted by Gasteiger charge is -2.27. The van der Waals surface area contributed by atoms with Gasteiger partial charge in [0.25, 0.3) is 0 Å². The summed E-state index contributed by atoms with van der Waals surface area (Å²) in [5.41, 5.74) is 3.50. The smallest absolute Gasteiger partial charge is 0.407 e. The van der Waals surface area contributed by atoms with E-state index in [0.29, 0.717) is 12.8 Å². The molecule has 3 N–H and O–H groups in total. The van der Waals surface area contributed by atoms with Crippen LogP contribution in [0.15, 0.2) is 61.2 Å². The second-order valence-electron chi connectivity index (χ2n) is 8.83. The normalized spacial score (nSPS) is 13.4. The maximum atomic E-state index is 12.8. The molecule has 1 atom stereocenters. The van der Waals surface area contributed by atoms with Crippen LogP contribution in [0.3, 0.4) is 0 Å². The van der Waals surface area contributed by atoms with Crippen LogP contribution in [0.2, 0.25) is 0 Å². The molecule has 0 radical (unpaired) electrons. The molecule has 0 spiro atoms. The van der Waals surface area contributed by atoms with E-state index in [0.717, 1.165) is 22.3 Å². The molecule has 0 saturated carbocycles. The van der Waals surface area contributed by atoms with Gasteiger partial charge in [-0.2, -0.15) is 0 Å². The van der Waals surface area contributed by atoms with E-state index in [1.54, 1.807) is 19.9 Å². The highest BCUT2D eigenvalue weighted by atomic mass is 16.5. The number of ether oxygens (including phenoxy) is 1. The van der Waals surface area contributed by atoms with Crippen LogP contribution in [0.25, 0.3) is 11.1 Å². The summed E-state index contributed by atoms with van der Waals surface area (Å²) < 4.78 is 5.54. The first-order chi connectivity index (χ1) is 15.7. The zero-order valence-corrected chi connectivity index (χ0v) is 19.0. The fourth-order valence-electron chi connectivity index (χ4n) is 4.18. The second-order valence-corrected chi connectivity index (χ2v) is 8.83. The van der Waals surface area contributed by atoms with Crippen LogP contribution in [0.5, 0.6) is 0 Å². The Morgan fingerprint density at radius 3 is 2.21 bits per heavy atom. The number of hydrogen-bond acceptors (Lipinski definition) is 4. The Bertz CT molecular complexity index is 1000. The average molecular weight is 451 g/mol. The van der Waals surface area contributed by atoms with Crippen molar-refractivity contribution in [3.8, 4) is 11.1 Å². The van der Waals surface area contributed by atoms with Crippen LogP contribution in [0, 0.1) is 0 Å². The van der Waals surface area contributed by atoms with E-state index in [2.05, 4.69) is 29.3 Å². The van der Waals surface area contributed by atoms with E-state index in [9.17, 15) is 14.4 Å². The predicted octanol–water partition coefficient (Wildman–Crippen LogP) is 4.23. The molecule has 0 saturated heterocycles. The van der Waals surface area contributed by atoms with Crippen molar-refractivity contribution in [1.82, 2.24) is 10.6 Å². The number of hydrogen-bond donors (Lipinski definition) is 3. The van der Waals surface area contributed by atoms with Gasteiger partial charge in [-0.3, -0.25) is 9.59 Å². The van der Waals surface area contributed by atoms with E-state index in [-0.39, 0.29) is 18.9 Å². The molecule has 1 unspecified atom stereocenters. The first kappa shape index (κ1) is 24.0. The molecule has 0 fully saturated rings. The van der Waals surface area contributed by atoms with Gasteiger partial charge in [-0.05, 0) is 48.9 Å². The van der Waals surface area contributed by atoms with Gasteiger partial charge in [0.05, 0.1) is 6.42 Å². The van der Waals surface area contributed by atoms with Crippen molar-refractivity contribution in [3.63, 3.8) is 0 Å². The molecule has 0 bridgehead atoms. The third-order valence-electron chi connectivity index (χ3n) is 5.67. The van der Waals surface area contributed by atoms with Gasteiger partial charge in [-0.15, -0.1) is 6.58 Å². The molecule has 33 heavy (non-hydrogen) atoms. The maximum Gasteiger partial charge on any atom is 0.407 e. The van der Waals surface area contributed by atoms with Crippen molar-refractivity contribution in [2.75, 3.05) is 6.61 Å². The van der Waals surface area contributed by atoms with E-state index in [1.165, 1.54) is 0 Å². The quantitative estimate of drug-likeness (QED) is 0.470. The lowest BCUT2D eigenvalue weighted by Crippen LogP contribution is -2.54. The van der Waals surface area contributed by atoms with E-state index in [4.69, 9.17) is 9.84 Å². The largest absolute Gasteiger partial charge is 0.481 e. The summed E-state index contributed by atoms with van der Waals surface area (Å²) in [5, 5.41) is 14.4. The van der Waals surface area contributed by atoms with Gasteiger partial charge in [-0.25, -0.2) is 4.79 Å². The summed E-state index contributed by atoms with van der Waals surface area (Å²) in [7, 11) is 0. The summed E-state index contributed by atoms with van der Waals surface area (Å²) in [4.78, 5) is 36.4. The second kappa shape index (κ2) is 10.3. The minimum Gasteiger partial charge on any atom is -0.481 e. The van der Waals surface area contributed by atoms with Crippen LogP contribution in [0.1, 0.15) is 50.2 Å². The van der Waals surface area contributed by atoms with Crippen molar-refractivity contribution in [2.45, 2.75) is 50.6 Å². The molecule has 7 nitrogen and oxygen atoms in total. The third-order valence-corrected chi connectivity index (χ3v) is 5.67. The molecule has 0 heterocycles. The fourth-order valence-corrected chi connectivity index (χ4v) is 4.18. The maximum absolute atomic E-state index is 12.8. The zero-order chi connectivity index (χ0) is 24.0. The number of benzene rings is 2. The number of fused-ring (bicyclic) bond motifs is 3. The number of allylic oxidation sites excluding steroid dienone is 1. The number of alkyl carbamates (subject to hydrolysis) is 1. The number of carboxylic acid groups (broad SMARTS) is 1. The summed E-state index contributed by atoms with van der Waals surface area (Å²) in [6.45, 7) is 7.05. The fraction of sp³-hybridized carbons (Fsp3) is 0.346. The molecule has 7 heteroatoms. The monoisotopic (exact) mass is 450 g/mol. The van der Waals surface area contributed by atoms with Crippen LogP contribution >= 0.6 is 0 Å². The molecule has 3 rings (SSSR count). The summed E-state index contributed by atoms with van der Waals surface area (Å²) in [6, 6.07) is 15.2. The van der Waals surface area contributed by atoms with Crippen molar-refractivity contribution >= 4 is 18.0 Å². The zero-order valence-electron chi connectivity index (χ0n) is 19.0. The molecule has 0 aliphatic heterocycles.